The SMILES string of the molecule is O=C(CSc1ccc(N2CCCCC2)nn1)Nc1ccc(F)cc1. The summed E-state index contributed by atoms with van der Waals surface area (Å²) in [7, 11) is 0. The van der Waals surface area contributed by atoms with Crippen LogP contribution >= 0.6 is 11.8 Å². The summed E-state index contributed by atoms with van der Waals surface area (Å²) < 4.78 is 12.8. The predicted octanol–water partition coefficient (Wildman–Crippen LogP) is 3.34. The van der Waals surface area contributed by atoms with Crippen LogP contribution in [0.1, 0.15) is 19.3 Å². The lowest BCUT2D eigenvalue weighted by Crippen LogP contribution is -2.30. The molecule has 1 aromatic carbocycles. The van der Waals surface area contributed by atoms with Gasteiger partial charge in [-0.2, -0.15) is 0 Å². The van der Waals surface area contributed by atoms with Crippen molar-refractivity contribution in [3.05, 3.63) is 42.2 Å². The van der Waals surface area contributed by atoms with Crippen molar-refractivity contribution < 1.29 is 9.18 Å². The fourth-order valence-electron chi connectivity index (χ4n) is 2.55. The molecule has 2 heterocycles. The maximum Gasteiger partial charge on any atom is 0.234 e. The van der Waals surface area contributed by atoms with Crippen LogP contribution in [0.4, 0.5) is 15.9 Å². The number of nitrogens with zero attached hydrogens (tertiary/aromatic N) is 3. The molecule has 0 aliphatic carbocycles. The number of aromatic nitrogens is 2. The van der Waals surface area contributed by atoms with Crippen LogP contribution < -0.4 is 10.2 Å². The number of rotatable bonds is 5. The van der Waals surface area contributed by atoms with Crippen molar-refractivity contribution in [3.63, 3.8) is 0 Å². The zero-order valence-corrected chi connectivity index (χ0v) is 14.1. The van der Waals surface area contributed by atoms with Crippen molar-refractivity contribution >= 4 is 29.2 Å². The fourth-order valence-corrected chi connectivity index (χ4v) is 3.17. The lowest BCUT2D eigenvalue weighted by atomic mass is 10.1. The van der Waals surface area contributed by atoms with Gasteiger partial charge >= 0.3 is 0 Å². The van der Waals surface area contributed by atoms with Crippen molar-refractivity contribution in [2.24, 2.45) is 0 Å². The molecule has 1 aliphatic rings. The van der Waals surface area contributed by atoms with Gasteiger partial charge in [0.15, 0.2) is 5.82 Å². The summed E-state index contributed by atoms with van der Waals surface area (Å²) in [4.78, 5) is 14.1. The predicted molar refractivity (Wildman–Crippen MR) is 93.8 cm³/mol. The van der Waals surface area contributed by atoms with Gasteiger partial charge in [-0.3, -0.25) is 4.79 Å². The van der Waals surface area contributed by atoms with Crippen LogP contribution in [0.3, 0.4) is 0 Å². The first kappa shape index (κ1) is 16.7. The average Bonchev–Trinajstić information content (AvgIpc) is 2.63. The van der Waals surface area contributed by atoms with Crippen molar-refractivity contribution in [1.29, 1.82) is 0 Å². The summed E-state index contributed by atoms with van der Waals surface area (Å²) >= 11 is 1.33. The van der Waals surface area contributed by atoms with Gasteiger partial charge in [0.1, 0.15) is 10.8 Å². The number of hydrogen-bond donors (Lipinski definition) is 1. The second kappa shape index (κ2) is 8.10. The van der Waals surface area contributed by atoms with Crippen LogP contribution in [0.2, 0.25) is 0 Å². The summed E-state index contributed by atoms with van der Waals surface area (Å²) in [5.41, 5.74) is 0.577. The van der Waals surface area contributed by atoms with Gasteiger partial charge in [-0.1, -0.05) is 11.8 Å². The largest absolute Gasteiger partial charge is 0.355 e. The molecule has 0 spiro atoms. The van der Waals surface area contributed by atoms with E-state index >= 15 is 0 Å². The minimum atomic E-state index is -0.327. The Kier molecular flexibility index (Phi) is 5.63. The summed E-state index contributed by atoms with van der Waals surface area (Å²) in [6.07, 6.45) is 3.67. The highest BCUT2D eigenvalue weighted by Gasteiger charge is 2.12. The van der Waals surface area contributed by atoms with Crippen molar-refractivity contribution in [3.8, 4) is 0 Å². The molecule has 1 aromatic heterocycles. The second-order valence-electron chi connectivity index (χ2n) is 5.62. The van der Waals surface area contributed by atoms with Gasteiger partial charge in [0.05, 0.1) is 5.75 Å². The Morgan fingerprint density at radius 3 is 2.50 bits per heavy atom. The van der Waals surface area contributed by atoms with E-state index in [4.69, 9.17) is 0 Å². The quantitative estimate of drug-likeness (QED) is 0.842. The molecular weight excluding hydrogens is 327 g/mol. The molecule has 5 nitrogen and oxygen atoms in total. The minimum Gasteiger partial charge on any atom is -0.355 e. The Bertz CT molecular complexity index is 672. The average molecular weight is 346 g/mol. The van der Waals surface area contributed by atoms with Crippen LogP contribution in [-0.4, -0.2) is 34.9 Å². The Morgan fingerprint density at radius 2 is 1.83 bits per heavy atom. The molecule has 1 N–H and O–H groups in total. The van der Waals surface area contributed by atoms with Crippen LogP contribution in [0, 0.1) is 5.82 Å². The molecule has 0 saturated carbocycles. The third-order valence-electron chi connectivity index (χ3n) is 3.79. The number of carbonyl (C=O) groups excluding carboxylic acids is 1. The van der Waals surface area contributed by atoms with E-state index in [1.54, 1.807) is 0 Å². The van der Waals surface area contributed by atoms with E-state index in [-0.39, 0.29) is 17.5 Å². The van der Waals surface area contributed by atoms with E-state index in [1.807, 2.05) is 12.1 Å². The standard InChI is InChI=1S/C17H19FN4OS/c18-13-4-6-14(7-5-13)19-16(23)12-24-17-9-8-15(20-21-17)22-10-2-1-3-11-22/h4-9H,1-3,10-12H2,(H,19,23). The van der Waals surface area contributed by atoms with Gasteiger partial charge in [0.2, 0.25) is 5.91 Å². The molecule has 0 bridgehead atoms. The molecule has 7 heteroatoms. The third-order valence-corrected chi connectivity index (χ3v) is 4.71. The van der Waals surface area contributed by atoms with Crippen LogP contribution in [0.5, 0.6) is 0 Å². The van der Waals surface area contributed by atoms with Gasteiger partial charge < -0.3 is 10.2 Å². The van der Waals surface area contributed by atoms with Gasteiger partial charge in [-0.25, -0.2) is 4.39 Å². The molecule has 1 fully saturated rings. The lowest BCUT2D eigenvalue weighted by Gasteiger charge is -2.27. The van der Waals surface area contributed by atoms with Crippen LogP contribution in [0.15, 0.2) is 41.4 Å². The number of carbonyl (C=O) groups is 1. The number of nitrogens with one attached hydrogen (secondary N) is 1. The normalized spacial score (nSPS) is 14.5. The number of thioether (sulfide) groups is 1. The van der Waals surface area contributed by atoms with Crippen molar-refractivity contribution in [2.45, 2.75) is 24.3 Å². The van der Waals surface area contributed by atoms with E-state index in [1.165, 1.54) is 55.3 Å². The van der Waals surface area contributed by atoms with Gasteiger partial charge in [-0.05, 0) is 55.7 Å². The molecule has 2 aromatic rings. The Morgan fingerprint density at radius 1 is 1.08 bits per heavy atom. The molecular formula is C17H19FN4OS. The van der Waals surface area contributed by atoms with Crippen molar-refractivity contribution in [2.75, 3.05) is 29.1 Å². The van der Waals surface area contributed by atoms with Gasteiger partial charge in [0.25, 0.3) is 0 Å². The number of piperidine rings is 1. The number of amides is 1. The number of hydrogen-bond acceptors (Lipinski definition) is 5. The Balaban J connectivity index is 1.49. The summed E-state index contributed by atoms with van der Waals surface area (Å²) in [6, 6.07) is 9.54. The second-order valence-corrected chi connectivity index (χ2v) is 6.62. The molecule has 1 saturated heterocycles. The molecule has 126 valence electrons. The van der Waals surface area contributed by atoms with E-state index in [0.717, 1.165) is 18.9 Å². The van der Waals surface area contributed by atoms with Crippen LogP contribution in [-0.2, 0) is 4.79 Å². The topological polar surface area (TPSA) is 58.1 Å². The molecule has 24 heavy (non-hydrogen) atoms. The zero-order valence-electron chi connectivity index (χ0n) is 13.2. The maximum atomic E-state index is 12.8. The number of benzene rings is 1. The van der Waals surface area contributed by atoms with E-state index in [9.17, 15) is 9.18 Å². The molecule has 1 amide bonds. The molecule has 0 radical (unpaired) electrons. The third kappa shape index (κ3) is 4.67. The van der Waals surface area contributed by atoms with Gasteiger partial charge in [-0.15, -0.1) is 10.2 Å². The molecule has 1 aliphatic heterocycles. The smallest absolute Gasteiger partial charge is 0.234 e. The highest BCUT2D eigenvalue weighted by molar-refractivity contribution is 7.99. The molecule has 0 atom stereocenters. The van der Waals surface area contributed by atoms with E-state index in [2.05, 4.69) is 20.4 Å². The van der Waals surface area contributed by atoms with E-state index < -0.39 is 0 Å². The lowest BCUT2D eigenvalue weighted by molar-refractivity contribution is -0.113. The van der Waals surface area contributed by atoms with Crippen LogP contribution in [0.25, 0.3) is 0 Å². The number of anilines is 2. The number of halogens is 1. The monoisotopic (exact) mass is 346 g/mol. The fraction of sp³-hybridized carbons (Fsp3) is 0.353. The first-order valence-corrected chi connectivity index (χ1v) is 8.96. The summed E-state index contributed by atoms with van der Waals surface area (Å²) in [5.74, 6) is 0.643. The van der Waals surface area contributed by atoms with E-state index in [0.29, 0.717) is 10.7 Å². The summed E-state index contributed by atoms with van der Waals surface area (Å²) in [6.45, 7) is 2.06. The zero-order chi connectivity index (χ0) is 16.8. The Labute approximate surface area is 144 Å². The Hall–Kier alpha value is -2.15. The van der Waals surface area contributed by atoms with Crippen molar-refractivity contribution in [1.82, 2.24) is 10.2 Å². The molecule has 0 unspecified atom stereocenters. The minimum absolute atomic E-state index is 0.159. The molecule has 3 rings (SSSR count). The van der Waals surface area contributed by atoms with Gasteiger partial charge in [0, 0.05) is 18.8 Å². The highest BCUT2D eigenvalue weighted by Crippen LogP contribution is 2.20. The first-order chi connectivity index (χ1) is 11.7. The first-order valence-electron chi connectivity index (χ1n) is 7.97. The summed E-state index contributed by atoms with van der Waals surface area (Å²) in [5, 5.41) is 11.9. The maximum absolute atomic E-state index is 12.8. The highest BCUT2D eigenvalue weighted by atomic mass is 32.2.